The molecule has 0 fully saturated rings. The Kier molecular flexibility index (Phi) is 3.67. The van der Waals surface area contributed by atoms with E-state index in [-0.39, 0.29) is 0 Å². The van der Waals surface area contributed by atoms with Crippen molar-refractivity contribution in [2.45, 2.75) is 6.92 Å². The monoisotopic (exact) mass is 244 g/mol. The van der Waals surface area contributed by atoms with Crippen LogP contribution in [0.15, 0.2) is 36.5 Å². The van der Waals surface area contributed by atoms with Gasteiger partial charge in [-0.15, -0.1) is 0 Å². The quantitative estimate of drug-likeness (QED) is 0.897. The Bertz CT molecular complexity index is 541. The standard InChI is InChI=1S/C14H16N2O2/c1-10-6-7-15-14(8-10)16-12-5-4-11(17-2)9-13(12)18-3/h4-9H,1-3H3,(H,15,16). The van der Waals surface area contributed by atoms with E-state index in [0.29, 0.717) is 0 Å². The number of rotatable bonds is 4. The molecule has 0 radical (unpaired) electrons. The van der Waals surface area contributed by atoms with Gasteiger partial charge in [0.05, 0.1) is 19.9 Å². The highest BCUT2D eigenvalue weighted by Crippen LogP contribution is 2.30. The molecule has 1 N–H and O–H groups in total. The lowest BCUT2D eigenvalue weighted by Gasteiger charge is -2.12. The molecule has 0 atom stereocenters. The fourth-order valence-corrected chi connectivity index (χ4v) is 1.64. The number of methoxy groups -OCH3 is 2. The van der Waals surface area contributed by atoms with E-state index in [9.17, 15) is 0 Å². The highest BCUT2D eigenvalue weighted by atomic mass is 16.5. The molecule has 0 amide bonds. The Morgan fingerprint density at radius 3 is 2.56 bits per heavy atom. The fourth-order valence-electron chi connectivity index (χ4n) is 1.64. The number of hydrogen-bond donors (Lipinski definition) is 1. The maximum absolute atomic E-state index is 5.32. The molecule has 0 aliphatic carbocycles. The van der Waals surface area contributed by atoms with E-state index in [1.807, 2.05) is 37.3 Å². The van der Waals surface area contributed by atoms with Crippen molar-refractivity contribution >= 4 is 11.5 Å². The highest BCUT2D eigenvalue weighted by molar-refractivity contribution is 5.65. The summed E-state index contributed by atoms with van der Waals surface area (Å²) in [6, 6.07) is 9.54. The molecule has 1 aromatic carbocycles. The van der Waals surface area contributed by atoms with Gasteiger partial charge >= 0.3 is 0 Å². The number of ether oxygens (including phenoxy) is 2. The van der Waals surface area contributed by atoms with Gasteiger partial charge in [-0.05, 0) is 36.8 Å². The molecule has 0 saturated carbocycles. The van der Waals surface area contributed by atoms with Gasteiger partial charge in [-0.3, -0.25) is 0 Å². The summed E-state index contributed by atoms with van der Waals surface area (Å²) in [5, 5.41) is 3.22. The first-order chi connectivity index (χ1) is 8.72. The molecule has 1 aromatic heterocycles. The van der Waals surface area contributed by atoms with E-state index in [2.05, 4.69) is 10.3 Å². The Balaban J connectivity index is 2.28. The minimum Gasteiger partial charge on any atom is -0.497 e. The zero-order valence-corrected chi connectivity index (χ0v) is 10.7. The second kappa shape index (κ2) is 5.40. The number of benzene rings is 1. The molecule has 0 bridgehead atoms. The number of hydrogen-bond acceptors (Lipinski definition) is 4. The predicted octanol–water partition coefficient (Wildman–Crippen LogP) is 3.15. The molecule has 2 aromatic rings. The summed E-state index contributed by atoms with van der Waals surface area (Å²) in [5.74, 6) is 2.27. The number of nitrogens with one attached hydrogen (secondary N) is 1. The van der Waals surface area contributed by atoms with Gasteiger partial charge in [0.25, 0.3) is 0 Å². The lowest BCUT2D eigenvalue weighted by molar-refractivity contribution is 0.395. The van der Waals surface area contributed by atoms with Crippen LogP contribution in [0.1, 0.15) is 5.56 Å². The van der Waals surface area contributed by atoms with Crippen LogP contribution in [-0.4, -0.2) is 19.2 Å². The summed E-state index contributed by atoms with van der Waals surface area (Å²) in [6.07, 6.45) is 1.77. The molecule has 2 rings (SSSR count). The molecule has 18 heavy (non-hydrogen) atoms. The predicted molar refractivity (Wildman–Crippen MR) is 71.8 cm³/mol. The van der Waals surface area contributed by atoms with E-state index in [0.717, 1.165) is 28.6 Å². The zero-order chi connectivity index (χ0) is 13.0. The maximum atomic E-state index is 5.32. The largest absolute Gasteiger partial charge is 0.497 e. The van der Waals surface area contributed by atoms with Gasteiger partial charge in [0.2, 0.25) is 0 Å². The molecular weight excluding hydrogens is 228 g/mol. The van der Waals surface area contributed by atoms with Crippen molar-refractivity contribution < 1.29 is 9.47 Å². The molecule has 0 unspecified atom stereocenters. The molecular formula is C14H16N2O2. The van der Waals surface area contributed by atoms with Gasteiger partial charge in [0, 0.05) is 12.3 Å². The summed E-state index contributed by atoms with van der Waals surface area (Å²) < 4.78 is 10.5. The summed E-state index contributed by atoms with van der Waals surface area (Å²) in [7, 11) is 3.26. The Morgan fingerprint density at radius 2 is 1.89 bits per heavy atom. The summed E-state index contributed by atoms with van der Waals surface area (Å²) in [6.45, 7) is 2.03. The minimum atomic E-state index is 0.720. The third kappa shape index (κ3) is 2.71. The van der Waals surface area contributed by atoms with E-state index in [1.165, 1.54) is 0 Å². The van der Waals surface area contributed by atoms with Gasteiger partial charge in [-0.25, -0.2) is 4.98 Å². The van der Waals surface area contributed by atoms with Crippen LogP contribution in [-0.2, 0) is 0 Å². The van der Waals surface area contributed by atoms with Gasteiger partial charge in [0.1, 0.15) is 17.3 Å². The van der Waals surface area contributed by atoms with Crippen LogP contribution in [0.2, 0.25) is 0 Å². The topological polar surface area (TPSA) is 43.4 Å². The van der Waals surface area contributed by atoms with E-state index < -0.39 is 0 Å². The number of pyridine rings is 1. The molecule has 0 aliphatic rings. The Hall–Kier alpha value is -2.23. The number of aromatic nitrogens is 1. The molecule has 94 valence electrons. The summed E-state index contributed by atoms with van der Waals surface area (Å²) in [5.41, 5.74) is 2.01. The minimum absolute atomic E-state index is 0.720. The summed E-state index contributed by atoms with van der Waals surface area (Å²) in [4.78, 5) is 4.25. The molecule has 4 nitrogen and oxygen atoms in total. The van der Waals surface area contributed by atoms with Gasteiger partial charge < -0.3 is 14.8 Å². The third-order valence-corrected chi connectivity index (χ3v) is 2.59. The fraction of sp³-hybridized carbons (Fsp3) is 0.214. The second-order valence-electron chi connectivity index (χ2n) is 3.91. The van der Waals surface area contributed by atoms with Crippen molar-refractivity contribution in [3.63, 3.8) is 0 Å². The SMILES string of the molecule is COc1ccc(Nc2cc(C)ccn2)c(OC)c1. The van der Waals surface area contributed by atoms with Crippen molar-refractivity contribution in [1.82, 2.24) is 4.98 Å². The van der Waals surface area contributed by atoms with Crippen molar-refractivity contribution in [3.05, 3.63) is 42.1 Å². The highest BCUT2D eigenvalue weighted by Gasteiger charge is 2.05. The van der Waals surface area contributed by atoms with Crippen LogP contribution in [0.4, 0.5) is 11.5 Å². The van der Waals surface area contributed by atoms with Gasteiger partial charge in [0.15, 0.2) is 0 Å². The third-order valence-electron chi connectivity index (χ3n) is 2.59. The zero-order valence-electron chi connectivity index (χ0n) is 10.7. The van der Waals surface area contributed by atoms with Gasteiger partial charge in [-0.2, -0.15) is 0 Å². The number of aryl methyl sites for hydroxylation is 1. The average molecular weight is 244 g/mol. The summed E-state index contributed by atoms with van der Waals surface area (Å²) >= 11 is 0. The van der Waals surface area contributed by atoms with Crippen LogP contribution >= 0.6 is 0 Å². The van der Waals surface area contributed by atoms with Crippen molar-refractivity contribution in [3.8, 4) is 11.5 Å². The van der Waals surface area contributed by atoms with E-state index in [4.69, 9.17) is 9.47 Å². The number of anilines is 2. The van der Waals surface area contributed by atoms with Crippen LogP contribution in [0.5, 0.6) is 11.5 Å². The van der Waals surface area contributed by atoms with Crippen molar-refractivity contribution in [2.75, 3.05) is 19.5 Å². The van der Waals surface area contributed by atoms with Crippen LogP contribution in [0, 0.1) is 6.92 Å². The molecule has 0 spiro atoms. The average Bonchev–Trinajstić information content (AvgIpc) is 2.39. The molecule has 4 heteroatoms. The lowest BCUT2D eigenvalue weighted by atomic mass is 10.2. The van der Waals surface area contributed by atoms with Crippen LogP contribution in [0.25, 0.3) is 0 Å². The normalized spacial score (nSPS) is 9.94. The molecule has 0 saturated heterocycles. The van der Waals surface area contributed by atoms with E-state index >= 15 is 0 Å². The molecule has 0 aliphatic heterocycles. The van der Waals surface area contributed by atoms with Crippen LogP contribution < -0.4 is 14.8 Å². The Morgan fingerprint density at radius 1 is 1.06 bits per heavy atom. The maximum Gasteiger partial charge on any atom is 0.146 e. The smallest absolute Gasteiger partial charge is 0.146 e. The van der Waals surface area contributed by atoms with Crippen molar-refractivity contribution in [2.24, 2.45) is 0 Å². The van der Waals surface area contributed by atoms with Gasteiger partial charge in [-0.1, -0.05) is 0 Å². The van der Waals surface area contributed by atoms with Crippen molar-refractivity contribution in [1.29, 1.82) is 0 Å². The van der Waals surface area contributed by atoms with E-state index in [1.54, 1.807) is 20.4 Å². The second-order valence-corrected chi connectivity index (χ2v) is 3.91. The Labute approximate surface area is 107 Å². The lowest BCUT2D eigenvalue weighted by Crippen LogP contribution is -1.97. The first kappa shape index (κ1) is 12.2. The number of nitrogens with zero attached hydrogens (tertiary/aromatic N) is 1. The first-order valence-corrected chi connectivity index (χ1v) is 5.64. The molecule has 1 heterocycles. The van der Waals surface area contributed by atoms with Crippen LogP contribution in [0.3, 0.4) is 0 Å². The first-order valence-electron chi connectivity index (χ1n) is 5.64.